The second-order valence-corrected chi connectivity index (χ2v) is 6.56. The maximum atomic E-state index is 11.6. The van der Waals surface area contributed by atoms with Gasteiger partial charge in [-0.2, -0.15) is 0 Å². The summed E-state index contributed by atoms with van der Waals surface area (Å²) in [6.45, 7) is 5.46. The third-order valence-corrected chi connectivity index (χ3v) is 3.57. The van der Waals surface area contributed by atoms with E-state index < -0.39 is 17.6 Å². The van der Waals surface area contributed by atoms with Gasteiger partial charge >= 0.3 is 5.97 Å². The van der Waals surface area contributed by atoms with Gasteiger partial charge in [-0.1, -0.05) is 6.07 Å². The first-order valence-electron chi connectivity index (χ1n) is 6.24. The largest absolute Gasteiger partial charge is 0.459 e. The molecule has 1 atom stereocenters. The van der Waals surface area contributed by atoms with E-state index in [9.17, 15) is 14.7 Å². The minimum Gasteiger partial charge on any atom is -0.459 e. The first-order chi connectivity index (χ1) is 9.26. The molecule has 5 nitrogen and oxygen atoms in total. The molecule has 108 valence electrons. The number of aliphatic hydroxyl groups excluding tert-OH is 1. The zero-order chi connectivity index (χ0) is 14.9. The van der Waals surface area contributed by atoms with Crippen molar-refractivity contribution in [3.8, 4) is 0 Å². The number of nitrogens with one attached hydrogen (secondary N) is 1. The Kier molecular flexibility index (Phi) is 4.06. The van der Waals surface area contributed by atoms with Crippen LogP contribution in [0.3, 0.4) is 0 Å². The number of hydrogen-bond donors (Lipinski definition) is 2. The Balaban J connectivity index is 1.97. The van der Waals surface area contributed by atoms with Gasteiger partial charge < -0.3 is 15.2 Å². The average molecular weight is 295 g/mol. The Hall–Kier alpha value is -1.53. The first-order valence-corrected chi connectivity index (χ1v) is 7.22. The van der Waals surface area contributed by atoms with Crippen LogP contribution in [-0.4, -0.2) is 28.3 Å². The molecule has 0 saturated carbocycles. The van der Waals surface area contributed by atoms with Gasteiger partial charge in [-0.05, 0) is 32.9 Å². The van der Waals surface area contributed by atoms with Crippen molar-refractivity contribution in [2.45, 2.75) is 37.4 Å². The van der Waals surface area contributed by atoms with Crippen molar-refractivity contribution >= 4 is 29.3 Å². The highest BCUT2D eigenvalue weighted by Gasteiger charge is 2.28. The Labute approximate surface area is 121 Å². The standard InChI is InChI=1S/C14H17NO4S/c1-14(2,3)19-11(16)7-20-8-4-5-9-10(6-8)15-13(18)12(9)17/h4-6,12,17H,7H2,1-3H3,(H,15,18). The van der Waals surface area contributed by atoms with Crippen molar-refractivity contribution in [3.05, 3.63) is 23.8 Å². The van der Waals surface area contributed by atoms with Crippen LogP contribution < -0.4 is 5.32 Å². The quantitative estimate of drug-likeness (QED) is 0.660. The summed E-state index contributed by atoms with van der Waals surface area (Å²) in [5, 5.41) is 12.2. The second kappa shape index (κ2) is 5.46. The molecule has 6 heteroatoms. The van der Waals surface area contributed by atoms with Crippen molar-refractivity contribution in [2.24, 2.45) is 0 Å². The molecule has 1 heterocycles. The van der Waals surface area contributed by atoms with Gasteiger partial charge in [-0.25, -0.2) is 0 Å². The van der Waals surface area contributed by atoms with Crippen LogP contribution in [0.5, 0.6) is 0 Å². The monoisotopic (exact) mass is 295 g/mol. The fourth-order valence-corrected chi connectivity index (χ4v) is 2.54. The van der Waals surface area contributed by atoms with Crippen LogP contribution in [0, 0.1) is 0 Å². The number of ether oxygens (including phenoxy) is 1. The fourth-order valence-electron chi connectivity index (χ4n) is 1.83. The van der Waals surface area contributed by atoms with Gasteiger partial charge in [-0.15, -0.1) is 11.8 Å². The van der Waals surface area contributed by atoms with E-state index in [4.69, 9.17) is 4.74 Å². The number of anilines is 1. The normalized spacial score (nSPS) is 17.6. The molecule has 0 fully saturated rings. The summed E-state index contributed by atoms with van der Waals surface area (Å²) < 4.78 is 5.22. The SMILES string of the molecule is CC(C)(C)OC(=O)CSc1ccc2c(c1)NC(=O)C2O. The van der Waals surface area contributed by atoms with Crippen LogP contribution in [-0.2, 0) is 14.3 Å². The van der Waals surface area contributed by atoms with Crippen LogP contribution in [0.15, 0.2) is 23.1 Å². The van der Waals surface area contributed by atoms with Crippen LogP contribution >= 0.6 is 11.8 Å². The maximum Gasteiger partial charge on any atom is 0.316 e. The van der Waals surface area contributed by atoms with E-state index in [1.165, 1.54) is 11.8 Å². The van der Waals surface area contributed by atoms with Crippen molar-refractivity contribution in [3.63, 3.8) is 0 Å². The zero-order valence-electron chi connectivity index (χ0n) is 11.6. The third-order valence-electron chi connectivity index (χ3n) is 2.60. The number of esters is 1. The Morgan fingerprint density at radius 3 is 2.80 bits per heavy atom. The summed E-state index contributed by atoms with van der Waals surface area (Å²) in [4.78, 5) is 23.8. The smallest absolute Gasteiger partial charge is 0.316 e. The Bertz CT molecular complexity index is 551. The van der Waals surface area contributed by atoms with Crippen molar-refractivity contribution in [2.75, 3.05) is 11.1 Å². The Morgan fingerprint density at radius 2 is 2.15 bits per heavy atom. The second-order valence-electron chi connectivity index (χ2n) is 5.52. The fraction of sp³-hybridized carbons (Fsp3) is 0.429. The number of rotatable bonds is 3. The Morgan fingerprint density at radius 1 is 1.45 bits per heavy atom. The molecular weight excluding hydrogens is 278 g/mol. The number of benzene rings is 1. The van der Waals surface area contributed by atoms with E-state index in [2.05, 4.69) is 5.32 Å². The number of thioether (sulfide) groups is 1. The molecule has 0 aliphatic carbocycles. The predicted octanol–water partition coefficient (Wildman–Crippen LogP) is 2.11. The summed E-state index contributed by atoms with van der Waals surface area (Å²) in [7, 11) is 0. The highest BCUT2D eigenvalue weighted by atomic mass is 32.2. The lowest BCUT2D eigenvalue weighted by molar-refractivity contribution is -0.151. The van der Waals surface area contributed by atoms with Gasteiger partial charge in [0.15, 0.2) is 6.10 Å². The van der Waals surface area contributed by atoms with Crippen molar-refractivity contribution < 1.29 is 19.4 Å². The summed E-state index contributed by atoms with van der Waals surface area (Å²) in [5.74, 6) is -0.506. The topological polar surface area (TPSA) is 75.6 Å². The predicted molar refractivity (Wildman–Crippen MR) is 76.6 cm³/mol. The molecule has 1 amide bonds. The van der Waals surface area contributed by atoms with E-state index in [-0.39, 0.29) is 11.7 Å². The molecule has 20 heavy (non-hydrogen) atoms. The molecule has 0 saturated heterocycles. The molecule has 0 radical (unpaired) electrons. The number of amides is 1. The van der Waals surface area contributed by atoms with Gasteiger partial charge in [-0.3, -0.25) is 9.59 Å². The van der Waals surface area contributed by atoms with Gasteiger partial charge in [0.25, 0.3) is 5.91 Å². The first kappa shape index (κ1) is 14.9. The lowest BCUT2D eigenvalue weighted by Crippen LogP contribution is -2.24. The van der Waals surface area contributed by atoms with E-state index in [0.29, 0.717) is 11.3 Å². The molecule has 1 aliphatic rings. The molecule has 1 unspecified atom stereocenters. The number of carbonyl (C=O) groups is 2. The van der Waals surface area contributed by atoms with E-state index >= 15 is 0 Å². The molecule has 0 spiro atoms. The minimum absolute atomic E-state index is 0.201. The zero-order valence-corrected chi connectivity index (χ0v) is 12.4. The lowest BCUT2D eigenvalue weighted by atomic mass is 10.1. The molecule has 1 aliphatic heterocycles. The third kappa shape index (κ3) is 3.52. The van der Waals surface area contributed by atoms with Crippen molar-refractivity contribution in [1.29, 1.82) is 0 Å². The molecule has 0 aromatic heterocycles. The van der Waals surface area contributed by atoms with E-state index in [1.807, 2.05) is 20.8 Å². The minimum atomic E-state index is -1.10. The average Bonchev–Trinajstić information content (AvgIpc) is 2.60. The number of aliphatic hydroxyl groups is 1. The lowest BCUT2D eigenvalue weighted by Gasteiger charge is -2.19. The van der Waals surface area contributed by atoms with Crippen LogP contribution in [0.4, 0.5) is 5.69 Å². The summed E-state index contributed by atoms with van der Waals surface area (Å²) >= 11 is 1.33. The van der Waals surface area contributed by atoms with Gasteiger partial charge in [0, 0.05) is 16.1 Å². The van der Waals surface area contributed by atoms with E-state index in [0.717, 1.165) is 4.90 Å². The van der Waals surface area contributed by atoms with Crippen LogP contribution in [0.25, 0.3) is 0 Å². The highest BCUT2D eigenvalue weighted by Crippen LogP contribution is 2.34. The number of hydrogen-bond acceptors (Lipinski definition) is 5. The summed E-state index contributed by atoms with van der Waals surface area (Å²) in [6, 6.07) is 5.21. The van der Waals surface area contributed by atoms with Crippen LogP contribution in [0.1, 0.15) is 32.4 Å². The van der Waals surface area contributed by atoms with Crippen molar-refractivity contribution in [1.82, 2.24) is 0 Å². The molecule has 0 bridgehead atoms. The van der Waals surface area contributed by atoms with Crippen LogP contribution in [0.2, 0.25) is 0 Å². The van der Waals surface area contributed by atoms with E-state index in [1.54, 1.807) is 18.2 Å². The van der Waals surface area contributed by atoms with Gasteiger partial charge in [0.1, 0.15) is 5.60 Å². The molecule has 2 N–H and O–H groups in total. The molecule has 1 aromatic carbocycles. The molecular formula is C14H17NO4S. The molecule has 1 aromatic rings. The maximum absolute atomic E-state index is 11.6. The van der Waals surface area contributed by atoms with Gasteiger partial charge in [0.2, 0.25) is 0 Å². The summed E-state index contributed by atoms with van der Waals surface area (Å²) in [6.07, 6.45) is -1.10. The highest BCUT2D eigenvalue weighted by molar-refractivity contribution is 8.00. The number of fused-ring (bicyclic) bond motifs is 1. The number of carbonyl (C=O) groups excluding carboxylic acids is 2. The molecule has 2 rings (SSSR count). The summed E-state index contributed by atoms with van der Waals surface area (Å²) in [5.41, 5.74) is 0.668. The van der Waals surface area contributed by atoms with Gasteiger partial charge in [0.05, 0.1) is 5.75 Å².